The van der Waals surface area contributed by atoms with Crippen LogP contribution < -0.4 is 10.2 Å². The number of H-pyrrole nitrogens is 1. The lowest BCUT2D eigenvalue weighted by molar-refractivity contribution is 0.450. The Balaban J connectivity index is 1.82. The first kappa shape index (κ1) is 14.2. The Morgan fingerprint density at radius 2 is 2.17 bits per heavy atom. The highest BCUT2D eigenvalue weighted by atomic mass is 15.2. The van der Waals surface area contributed by atoms with E-state index >= 15 is 0 Å². The molecule has 0 amide bonds. The second-order valence-electron chi connectivity index (χ2n) is 6.04. The minimum Gasteiger partial charge on any atom is -0.369 e. The smallest absolute Gasteiger partial charge is 0.140 e. The molecule has 1 fully saturated rings. The second-order valence-corrected chi connectivity index (χ2v) is 6.04. The Hall–Kier alpha value is -2.40. The summed E-state index contributed by atoms with van der Waals surface area (Å²) in [6.07, 6.45) is 8.19. The molecule has 4 heterocycles. The van der Waals surface area contributed by atoms with Gasteiger partial charge in [0.05, 0.1) is 16.8 Å². The van der Waals surface area contributed by atoms with Crippen LogP contribution in [0.5, 0.6) is 0 Å². The standard InChI is InChI=1S/C18H21N5/c1-19-13-5-4-10-23(12-13)16-7-9-21-18-17(16)14(11-22-18)15-6-2-3-8-20-15/h2-3,6-9,11,13,19H,4-5,10,12H2,1H3,(H,21,22)/t13-/m0/s1. The minimum absolute atomic E-state index is 0.546. The van der Waals surface area contributed by atoms with E-state index in [1.807, 2.05) is 43.8 Å². The number of nitrogens with zero attached hydrogens (tertiary/aromatic N) is 3. The molecule has 118 valence electrons. The van der Waals surface area contributed by atoms with Crippen LogP contribution in [0.4, 0.5) is 5.69 Å². The molecule has 1 aliphatic heterocycles. The lowest BCUT2D eigenvalue weighted by Crippen LogP contribution is -2.44. The summed E-state index contributed by atoms with van der Waals surface area (Å²) in [5.41, 5.74) is 4.28. The molecule has 3 aromatic heterocycles. The number of likely N-dealkylation sites (N-methyl/N-ethyl adjacent to an activating group) is 1. The predicted molar refractivity (Wildman–Crippen MR) is 93.6 cm³/mol. The van der Waals surface area contributed by atoms with Crippen LogP contribution in [0, 0.1) is 0 Å². The van der Waals surface area contributed by atoms with Gasteiger partial charge in [0.1, 0.15) is 5.65 Å². The van der Waals surface area contributed by atoms with E-state index in [0.29, 0.717) is 6.04 Å². The van der Waals surface area contributed by atoms with Gasteiger partial charge in [0.2, 0.25) is 0 Å². The molecule has 4 rings (SSSR count). The summed E-state index contributed by atoms with van der Waals surface area (Å²) in [5, 5.41) is 4.58. The Morgan fingerprint density at radius 1 is 1.22 bits per heavy atom. The number of nitrogens with one attached hydrogen (secondary N) is 2. The van der Waals surface area contributed by atoms with Crippen molar-refractivity contribution in [2.45, 2.75) is 18.9 Å². The van der Waals surface area contributed by atoms with E-state index < -0.39 is 0 Å². The van der Waals surface area contributed by atoms with Crippen LogP contribution in [0.3, 0.4) is 0 Å². The van der Waals surface area contributed by atoms with Gasteiger partial charge in [0, 0.05) is 43.3 Å². The zero-order valence-corrected chi connectivity index (χ0v) is 13.3. The van der Waals surface area contributed by atoms with Crippen LogP contribution in [0.2, 0.25) is 0 Å². The van der Waals surface area contributed by atoms with E-state index in [9.17, 15) is 0 Å². The average molecular weight is 307 g/mol. The van der Waals surface area contributed by atoms with Gasteiger partial charge in [-0.3, -0.25) is 4.98 Å². The van der Waals surface area contributed by atoms with Crippen molar-refractivity contribution < 1.29 is 0 Å². The Morgan fingerprint density at radius 3 is 3.00 bits per heavy atom. The van der Waals surface area contributed by atoms with Crippen molar-refractivity contribution in [1.29, 1.82) is 0 Å². The van der Waals surface area contributed by atoms with Crippen molar-refractivity contribution in [2.24, 2.45) is 0 Å². The molecule has 5 nitrogen and oxygen atoms in total. The van der Waals surface area contributed by atoms with Gasteiger partial charge in [0.25, 0.3) is 0 Å². The number of aromatic nitrogens is 3. The molecule has 0 aliphatic carbocycles. The number of piperidine rings is 1. The van der Waals surface area contributed by atoms with Crippen molar-refractivity contribution >= 4 is 16.7 Å². The maximum absolute atomic E-state index is 4.51. The third-order valence-electron chi connectivity index (χ3n) is 4.66. The fraction of sp³-hybridized carbons (Fsp3) is 0.333. The van der Waals surface area contributed by atoms with Crippen molar-refractivity contribution in [3.63, 3.8) is 0 Å². The first-order chi connectivity index (χ1) is 11.4. The molecule has 0 aromatic carbocycles. The first-order valence-electron chi connectivity index (χ1n) is 8.16. The Kier molecular flexibility index (Phi) is 3.71. The monoisotopic (exact) mass is 307 g/mol. The number of aromatic amines is 1. The molecule has 0 saturated carbocycles. The van der Waals surface area contributed by atoms with E-state index in [1.54, 1.807) is 0 Å². The largest absolute Gasteiger partial charge is 0.369 e. The molecular formula is C18H21N5. The summed E-state index contributed by atoms with van der Waals surface area (Å²) in [6, 6.07) is 8.69. The fourth-order valence-electron chi connectivity index (χ4n) is 3.46. The van der Waals surface area contributed by atoms with Gasteiger partial charge in [-0.1, -0.05) is 6.07 Å². The maximum atomic E-state index is 4.51. The highest BCUT2D eigenvalue weighted by molar-refractivity contribution is 6.01. The van der Waals surface area contributed by atoms with Gasteiger partial charge in [-0.15, -0.1) is 0 Å². The maximum Gasteiger partial charge on any atom is 0.140 e. The summed E-state index contributed by atoms with van der Waals surface area (Å²) < 4.78 is 0. The molecule has 5 heteroatoms. The second kappa shape index (κ2) is 6.01. The number of pyridine rings is 2. The van der Waals surface area contributed by atoms with Crippen LogP contribution >= 0.6 is 0 Å². The van der Waals surface area contributed by atoms with E-state index in [2.05, 4.69) is 31.2 Å². The normalized spacial score (nSPS) is 18.5. The zero-order valence-electron chi connectivity index (χ0n) is 13.3. The predicted octanol–water partition coefficient (Wildman–Crippen LogP) is 2.81. The highest BCUT2D eigenvalue weighted by Gasteiger charge is 2.22. The van der Waals surface area contributed by atoms with Crippen molar-refractivity contribution in [2.75, 3.05) is 25.0 Å². The van der Waals surface area contributed by atoms with Crippen LogP contribution in [-0.2, 0) is 0 Å². The molecule has 0 radical (unpaired) electrons. The molecule has 2 N–H and O–H groups in total. The molecular weight excluding hydrogens is 286 g/mol. The fourth-order valence-corrected chi connectivity index (χ4v) is 3.46. The van der Waals surface area contributed by atoms with Crippen LogP contribution in [0.15, 0.2) is 42.9 Å². The van der Waals surface area contributed by atoms with Gasteiger partial charge in [0.15, 0.2) is 0 Å². The third-order valence-corrected chi connectivity index (χ3v) is 4.66. The van der Waals surface area contributed by atoms with Gasteiger partial charge < -0.3 is 15.2 Å². The number of anilines is 1. The number of hydrogen-bond donors (Lipinski definition) is 2. The van der Waals surface area contributed by atoms with Crippen molar-refractivity contribution in [3.8, 4) is 11.3 Å². The molecule has 1 saturated heterocycles. The summed E-state index contributed by atoms with van der Waals surface area (Å²) in [7, 11) is 2.05. The summed E-state index contributed by atoms with van der Waals surface area (Å²) in [6.45, 7) is 2.12. The number of rotatable bonds is 3. The Bertz CT molecular complexity index is 796. The summed E-state index contributed by atoms with van der Waals surface area (Å²) in [4.78, 5) is 14.8. The molecule has 23 heavy (non-hydrogen) atoms. The van der Waals surface area contributed by atoms with Crippen LogP contribution in [-0.4, -0.2) is 41.1 Å². The minimum atomic E-state index is 0.546. The van der Waals surface area contributed by atoms with Crippen molar-refractivity contribution in [1.82, 2.24) is 20.3 Å². The summed E-state index contributed by atoms with van der Waals surface area (Å²) >= 11 is 0. The van der Waals surface area contributed by atoms with E-state index in [1.165, 1.54) is 23.9 Å². The highest BCUT2D eigenvalue weighted by Crippen LogP contribution is 2.35. The van der Waals surface area contributed by atoms with E-state index in [4.69, 9.17) is 0 Å². The quantitative estimate of drug-likeness (QED) is 0.781. The molecule has 1 atom stereocenters. The third kappa shape index (κ3) is 2.57. The van der Waals surface area contributed by atoms with Crippen LogP contribution in [0.25, 0.3) is 22.3 Å². The molecule has 0 bridgehead atoms. The SMILES string of the molecule is CN[C@H]1CCCN(c2ccnc3[nH]cc(-c4ccccn4)c23)C1. The van der Waals surface area contributed by atoms with Crippen molar-refractivity contribution in [3.05, 3.63) is 42.9 Å². The van der Waals surface area contributed by atoms with Gasteiger partial charge in [-0.25, -0.2) is 4.98 Å². The first-order valence-corrected chi connectivity index (χ1v) is 8.16. The lowest BCUT2D eigenvalue weighted by Gasteiger charge is -2.34. The van der Waals surface area contributed by atoms with Gasteiger partial charge in [-0.2, -0.15) is 0 Å². The Labute approximate surface area is 135 Å². The van der Waals surface area contributed by atoms with Crippen LogP contribution in [0.1, 0.15) is 12.8 Å². The van der Waals surface area contributed by atoms with Gasteiger partial charge in [-0.05, 0) is 38.1 Å². The lowest BCUT2D eigenvalue weighted by atomic mass is 10.0. The zero-order chi connectivity index (χ0) is 15.6. The number of fused-ring (bicyclic) bond motifs is 1. The molecule has 0 spiro atoms. The molecule has 3 aromatic rings. The van der Waals surface area contributed by atoms with E-state index in [-0.39, 0.29) is 0 Å². The summed E-state index contributed by atoms with van der Waals surface area (Å²) in [5.74, 6) is 0. The average Bonchev–Trinajstić information content (AvgIpc) is 3.06. The van der Waals surface area contributed by atoms with E-state index in [0.717, 1.165) is 30.0 Å². The molecule has 0 unspecified atom stereocenters. The van der Waals surface area contributed by atoms with Gasteiger partial charge >= 0.3 is 0 Å². The molecule has 1 aliphatic rings. The number of hydrogen-bond acceptors (Lipinski definition) is 4. The topological polar surface area (TPSA) is 56.8 Å².